The van der Waals surface area contributed by atoms with Gasteiger partial charge in [0.2, 0.25) is 0 Å². The van der Waals surface area contributed by atoms with Gasteiger partial charge in [-0.05, 0) is 19.1 Å². The minimum Gasteiger partial charge on any atom is -0.380 e. The number of likely N-dealkylation sites (N-methyl/N-ethyl adjacent to an activating group) is 1. The fourth-order valence-electron chi connectivity index (χ4n) is 1.20. The zero-order chi connectivity index (χ0) is 12.0. The van der Waals surface area contributed by atoms with Crippen molar-refractivity contribution in [3.05, 3.63) is 29.0 Å². The largest absolute Gasteiger partial charge is 0.380 e. The Morgan fingerprint density at radius 2 is 2.38 bits per heavy atom. The van der Waals surface area contributed by atoms with Crippen LogP contribution in [0.15, 0.2) is 18.3 Å². The highest BCUT2D eigenvalue weighted by atomic mass is 35.5. The highest BCUT2D eigenvalue weighted by Crippen LogP contribution is 2.08. The monoisotopic (exact) mass is 242 g/mol. The molecule has 1 aromatic heterocycles. The van der Waals surface area contributed by atoms with Crippen molar-refractivity contribution in [2.24, 2.45) is 0 Å². The molecular weight excluding hydrogens is 228 g/mol. The van der Waals surface area contributed by atoms with Crippen molar-refractivity contribution in [1.82, 2.24) is 9.88 Å². The van der Waals surface area contributed by atoms with E-state index in [1.165, 1.54) is 6.20 Å². The summed E-state index contributed by atoms with van der Waals surface area (Å²) >= 11 is 5.71. The quantitative estimate of drug-likeness (QED) is 0.585. The Balaban J connectivity index is 2.56. The van der Waals surface area contributed by atoms with E-state index in [4.69, 9.17) is 16.3 Å². The Kier molecular flexibility index (Phi) is 5.22. The summed E-state index contributed by atoms with van der Waals surface area (Å²) in [4.78, 5) is 17.3. The second kappa shape index (κ2) is 6.45. The van der Waals surface area contributed by atoms with Gasteiger partial charge >= 0.3 is 0 Å². The number of carbonyl (C=O) groups excluding carboxylic acids is 1. The van der Waals surface area contributed by atoms with Crippen molar-refractivity contribution in [2.45, 2.75) is 6.92 Å². The summed E-state index contributed by atoms with van der Waals surface area (Å²) in [6.45, 7) is 3.68. The van der Waals surface area contributed by atoms with E-state index in [0.29, 0.717) is 30.5 Å². The lowest BCUT2D eigenvalue weighted by Gasteiger charge is -2.16. The van der Waals surface area contributed by atoms with Gasteiger partial charge in [0.15, 0.2) is 0 Å². The van der Waals surface area contributed by atoms with Crippen LogP contribution in [-0.4, -0.2) is 42.6 Å². The van der Waals surface area contributed by atoms with Crippen LogP contribution < -0.4 is 0 Å². The third-order valence-electron chi connectivity index (χ3n) is 2.10. The van der Waals surface area contributed by atoms with Gasteiger partial charge in [0.05, 0.1) is 6.61 Å². The first-order valence-corrected chi connectivity index (χ1v) is 5.47. The highest BCUT2D eigenvalue weighted by molar-refractivity contribution is 6.29. The molecule has 0 saturated carbocycles. The van der Waals surface area contributed by atoms with E-state index in [1.54, 1.807) is 24.1 Å². The number of halogens is 1. The fourth-order valence-corrected chi connectivity index (χ4v) is 1.38. The zero-order valence-corrected chi connectivity index (χ0v) is 10.2. The maximum atomic E-state index is 11.9. The molecule has 4 nitrogen and oxygen atoms in total. The van der Waals surface area contributed by atoms with Crippen LogP contribution in [0.5, 0.6) is 0 Å². The number of aromatic nitrogens is 1. The van der Waals surface area contributed by atoms with E-state index in [9.17, 15) is 4.79 Å². The third kappa shape index (κ3) is 3.79. The first-order chi connectivity index (χ1) is 7.65. The maximum Gasteiger partial charge on any atom is 0.253 e. The van der Waals surface area contributed by atoms with Crippen LogP contribution in [0.3, 0.4) is 0 Å². The summed E-state index contributed by atoms with van der Waals surface area (Å²) in [6, 6.07) is 3.20. The molecule has 0 fully saturated rings. The lowest BCUT2D eigenvalue weighted by molar-refractivity contribution is 0.0710. The molecule has 0 spiro atoms. The number of nitrogens with zero attached hydrogens (tertiary/aromatic N) is 2. The van der Waals surface area contributed by atoms with Crippen molar-refractivity contribution in [3.63, 3.8) is 0 Å². The van der Waals surface area contributed by atoms with Crippen molar-refractivity contribution >= 4 is 17.5 Å². The summed E-state index contributed by atoms with van der Waals surface area (Å²) < 4.78 is 5.18. The Morgan fingerprint density at radius 3 is 3.00 bits per heavy atom. The van der Waals surface area contributed by atoms with Crippen LogP contribution in [0.25, 0.3) is 0 Å². The number of hydrogen-bond acceptors (Lipinski definition) is 3. The first kappa shape index (κ1) is 12.9. The molecule has 0 radical (unpaired) electrons. The van der Waals surface area contributed by atoms with Gasteiger partial charge in [-0.1, -0.05) is 11.6 Å². The summed E-state index contributed by atoms with van der Waals surface area (Å²) in [5.74, 6) is -0.0796. The minimum atomic E-state index is -0.0796. The van der Waals surface area contributed by atoms with Crippen LogP contribution >= 0.6 is 11.6 Å². The molecule has 0 aliphatic heterocycles. The molecule has 0 N–H and O–H groups in total. The second-order valence-electron chi connectivity index (χ2n) is 3.29. The zero-order valence-electron chi connectivity index (χ0n) is 9.44. The smallest absolute Gasteiger partial charge is 0.253 e. The van der Waals surface area contributed by atoms with E-state index in [-0.39, 0.29) is 5.91 Å². The van der Waals surface area contributed by atoms with Crippen LogP contribution in [-0.2, 0) is 4.74 Å². The normalized spacial score (nSPS) is 10.2. The van der Waals surface area contributed by atoms with Crippen molar-refractivity contribution in [3.8, 4) is 0 Å². The lowest BCUT2D eigenvalue weighted by atomic mass is 10.2. The molecular formula is C11H15ClN2O2. The summed E-state index contributed by atoms with van der Waals surface area (Å²) in [5.41, 5.74) is 0.541. The lowest BCUT2D eigenvalue weighted by Crippen LogP contribution is -2.30. The number of pyridine rings is 1. The predicted molar refractivity (Wildman–Crippen MR) is 62.7 cm³/mol. The maximum absolute atomic E-state index is 11.9. The molecule has 1 amide bonds. The van der Waals surface area contributed by atoms with Gasteiger partial charge in [0.25, 0.3) is 5.91 Å². The van der Waals surface area contributed by atoms with Crippen LogP contribution in [0.4, 0.5) is 0 Å². The minimum absolute atomic E-state index is 0.0796. The number of amides is 1. The van der Waals surface area contributed by atoms with Gasteiger partial charge in [-0.2, -0.15) is 0 Å². The third-order valence-corrected chi connectivity index (χ3v) is 2.30. The molecule has 0 aliphatic carbocycles. The molecule has 0 aliphatic rings. The van der Waals surface area contributed by atoms with E-state index in [2.05, 4.69) is 4.98 Å². The Labute approximate surface area is 100 Å². The number of ether oxygens (including phenoxy) is 1. The SMILES string of the molecule is CCOCCN(C)C(=O)c1ccnc(Cl)c1. The molecule has 1 heterocycles. The van der Waals surface area contributed by atoms with Gasteiger partial charge in [-0.25, -0.2) is 4.98 Å². The highest BCUT2D eigenvalue weighted by Gasteiger charge is 2.11. The summed E-state index contributed by atoms with van der Waals surface area (Å²) in [5, 5.41) is 0.323. The van der Waals surface area contributed by atoms with Gasteiger partial charge in [-0.3, -0.25) is 4.79 Å². The van der Waals surface area contributed by atoms with Crippen LogP contribution in [0.2, 0.25) is 5.15 Å². The molecule has 5 heteroatoms. The summed E-state index contributed by atoms with van der Waals surface area (Å²) in [6.07, 6.45) is 1.52. The Morgan fingerprint density at radius 1 is 1.62 bits per heavy atom. The van der Waals surface area contributed by atoms with E-state index in [1.807, 2.05) is 6.92 Å². The molecule has 16 heavy (non-hydrogen) atoms. The van der Waals surface area contributed by atoms with Crippen LogP contribution in [0.1, 0.15) is 17.3 Å². The van der Waals surface area contributed by atoms with Crippen molar-refractivity contribution in [2.75, 3.05) is 26.8 Å². The molecule has 0 aromatic carbocycles. The number of rotatable bonds is 5. The van der Waals surface area contributed by atoms with Gasteiger partial charge in [-0.15, -0.1) is 0 Å². The van der Waals surface area contributed by atoms with Crippen LogP contribution in [0, 0.1) is 0 Å². The standard InChI is InChI=1S/C11H15ClN2O2/c1-3-16-7-6-14(2)11(15)9-4-5-13-10(12)8-9/h4-5,8H,3,6-7H2,1-2H3. The van der Waals surface area contributed by atoms with Gasteiger partial charge in [0, 0.05) is 32.0 Å². The molecule has 0 bridgehead atoms. The van der Waals surface area contributed by atoms with Gasteiger partial charge < -0.3 is 9.64 Å². The topological polar surface area (TPSA) is 42.4 Å². The molecule has 88 valence electrons. The van der Waals surface area contributed by atoms with E-state index in [0.717, 1.165) is 0 Å². The predicted octanol–water partition coefficient (Wildman–Crippen LogP) is 1.84. The summed E-state index contributed by atoms with van der Waals surface area (Å²) in [7, 11) is 1.73. The van der Waals surface area contributed by atoms with E-state index < -0.39 is 0 Å². The van der Waals surface area contributed by atoms with E-state index >= 15 is 0 Å². The number of carbonyl (C=O) groups is 1. The molecule has 0 saturated heterocycles. The molecule has 0 atom stereocenters. The Bertz CT molecular complexity index is 358. The first-order valence-electron chi connectivity index (χ1n) is 5.10. The molecule has 1 aromatic rings. The van der Waals surface area contributed by atoms with Crippen molar-refractivity contribution < 1.29 is 9.53 Å². The molecule has 0 unspecified atom stereocenters. The fraction of sp³-hybridized carbons (Fsp3) is 0.455. The van der Waals surface area contributed by atoms with Crippen molar-refractivity contribution in [1.29, 1.82) is 0 Å². The molecule has 1 rings (SSSR count). The average Bonchev–Trinajstić information content (AvgIpc) is 2.28. The number of hydrogen-bond donors (Lipinski definition) is 0. The second-order valence-corrected chi connectivity index (χ2v) is 3.68. The van der Waals surface area contributed by atoms with Gasteiger partial charge in [0.1, 0.15) is 5.15 Å². The average molecular weight is 243 g/mol. The Hall–Kier alpha value is -1.13.